The van der Waals surface area contributed by atoms with Crippen LogP contribution in [0.15, 0.2) is 29.1 Å². The van der Waals surface area contributed by atoms with Gasteiger partial charge in [0.1, 0.15) is 5.65 Å². The molecule has 0 amide bonds. The molecule has 0 unspecified atom stereocenters. The van der Waals surface area contributed by atoms with Crippen molar-refractivity contribution in [3.63, 3.8) is 0 Å². The molecule has 0 spiro atoms. The molecule has 0 aromatic carbocycles. The van der Waals surface area contributed by atoms with E-state index in [0.717, 1.165) is 5.69 Å². The average Bonchev–Trinajstić information content (AvgIpc) is 2.46. The molecule has 0 saturated carbocycles. The lowest BCUT2D eigenvalue weighted by Crippen LogP contribution is -2.39. The molecule has 2 heterocycles. The fourth-order valence-electron chi connectivity index (χ4n) is 2.58. The van der Waals surface area contributed by atoms with Gasteiger partial charge in [-0.05, 0) is 26.1 Å². The predicted molar refractivity (Wildman–Crippen MR) is 84.8 cm³/mol. The van der Waals surface area contributed by atoms with Gasteiger partial charge in [-0.1, -0.05) is 13.0 Å². The Bertz CT molecular complexity index is 707. The van der Waals surface area contributed by atoms with Crippen molar-refractivity contribution in [3.05, 3.63) is 46.0 Å². The van der Waals surface area contributed by atoms with E-state index >= 15 is 0 Å². The molecular weight excluding hydrogens is 282 g/mol. The fraction of sp³-hybridized carbons (Fsp3) is 0.500. The second-order valence-electron chi connectivity index (χ2n) is 6.25. The zero-order valence-electron chi connectivity index (χ0n) is 13.3. The van der Waals surface area contributed by atoms with Gasteiger partial charge in [0.15, 0.2) is 0 Å². The lowest BCUT2D eigenvalue weighted by Gasteiger charge is -2.30. The van der Waals surface area contributed by atoms with Crippen LogP contribution in [0.1, 0.15) is 18.3 Å². The smallest absolute Gasteiger partial charge is 0.258 e. The Labute approximate surface area is 129 Å². The van der Waals surface area contributed by atoms with E-state index in [9.17, 15) is 15.0 Å². The highest BCUT2D eigenvalue weighted by Gasteiger charge is 2.24. The highest BCUT2D eigenvalue weighted by atomic mass is 16.3. The van der Waals surface area contributed by atoms with Crippen LogP contribution in [-0.2, 0) is 6.54 Å². The second kappa shape index (κ2) is 6.56. The second-order valence-corrected chi connectivity index (χ2v) is 6.25. The quantitative estimate of drug-likeness (QED) is 0.809. The number of nitrogens with zero attached hydrogens (tertiary/aromatic N) is 3. The van der Waals surface area contributed by atoms with Gasteiger partial charge < -0.3 is 10.2 Å². The number of rotatable bonds is 6. The molecule has 0 bridgehead atoms. The molecule has 2 aromatic rings. The van der Waals surface area contributed by atoms with Crippen molar-refractivity contribution < 1.29 is 10.2 Å². The van der Waals surface area contributed by atoms with Gasteiger partial charge in [0.25, 0.3) is 5.56 Å². The number of hydrogen-bond acceptors (Lipinski definition) is 5. The molecule has 0 aliphatic rings. The molecule has 0 radical (unpaired) electrons. The van der Waals surface area contributed by atoms with E-state index in [1.807, 2.05) is 44.0 Å². The van der Waals surface area contributed by atoms with Crippen LogP contribution in [0.3, 0.4) is 0 Å². The number of aromatic nitrogens is 2. The van der Waals surface area contributed by atoms with Crippen molar-refractivity contribution in [2.45, 2.75) is 20.4 Å². The van der Waals surface area contributed by atoms with E-state index in [4.69, 9.17) is 0 Å². The molecule has 2 N–H and O–H groups in total. The van der Waals surface area contributed by atoms with Crippen LogP contribution in [-0.4, -0.2) is 51.3 Å². The Morgan fingerprint density at radius 2 is 2.00 bits per heavy atom. The first-order chi connectivity index (χ1) is 10.4. The first-order valence-electron chi connectivity index (χ1n) is 7.27. The Morgan fingerprint density at radius 3 is 2.64 bits per heavy atom. The minimum Gasteiger partial charge on any atom is -0.396 e. The highest BCUT2D eigenvalue weighted by Crippen LogP contribution is 2.16. The molecule has 120 valence electrons. The maximum absolute atomic E-state index is 12.2. The molecule has 2 rings (SSSR count). The largest absolute Gasteiger partial charge is 0.396 e. The third-order valence-electron chi connectivity index (χ3n) is 3.78. The van der Waals surface area contributed by atoms with Gasteiger partial charge >= 0.3 is 0 Å². The molecule has 6 nitrogen and oxygen atoms in total. The van der Waals surface area contributed by atoms with Crippen molar-refractivity contribution in [1.29, 1.82) is 0 Å². The summed E-state index contributed by atoms with van der Waals surface area (Å²) in [6.45, 7) is 4.48. The number of aryl methyl sites for hydroxylation is 1. The molecule has 0 fully saturated rings. The van der Waals surface area contributed by atoms with Gasteiger partial charge in [-0.15, -0.1) is 0 Å². The summed E-state index contributed by atoms with van der Waals surface area (Å²) in [6.07, 6.45) is 0. The van der Waals surface area contributed by atoms with Crippen molar-refractivity contribution in [3.8, 4) is 0 Å². The van der Waals surface area contributed by atoms with E-state index in [0.29, 0.717) is 24.4 Å². The van der Waals surface area contributed by atoms with Gasteiger partial charge in [-0.2, -0.15) is 0 Å². The van der Waals surface area contributed by atoms with Crippen LogP contribution in [0.4, 0.5) is 0 Å². The lowest BCUT2D eigenvalue weighted by molar-refractivity contribution is 0.0399. The minimum atomic E-state index is -0.572. The molecular formula is C16H23N3O3. The summed E-state index contributed by atoms with van der Waals surface area (Å²) in [4.78, 5) is 18.7. The number of aliphatic hydroxyl groups is 2. The van der Waals surface area contributed by atoms with Gasteiger partial charge in [0.2, 0.25) is 0 Å². The van der Waals surface area contributed by atoms with Crippen LogP contribution >= 0.6 is 0 Å². The maximum atomic E-state index is 12.2. The standard InChI is InChI=1S/C16H23N3O3/c1-12-5-4-6-14-17-13(7-15(22)19(12)14)8-18(3)9-16(2,10-20)11-21/h4-7,20-21H,8-11H2,1-3H3. The summed E-state index contributed by atoms with van der Waals surface area (Å²) in [7, 11) is 1.88. The number of hydrogen-bond donors (Lipinski definition) is 2. The van der Waals surface area contributed by atoms with E-state index in [-0.39, 0.29) is 18.8 Å². The third-order valence-corrected chi connectivity index (χ3v) is 3.78. The first-order valence-corrected chi connectivity index (χ1v) is 7.27. The van der Waals surface area contributed by atoms with Crippen molar-refractivity contribution in [2.24, 2.45) is 5.41 Å². The van der Waals surface area contributed by atoms with E-state index in [2.05, 4.69) is 4.98 Å². The summed E-state index contributed by atoms with van der Waals surface area (Å²) in [6, 6.07) is 7.09. The van der Waals surface area contributed by atoms with Crippen molar-refractivity contribution in [2.75, 3.05) is 26.8 Å². The highest BCUT2D eigenvalue weighted by molar-refractivity contribution is 5.40. The van der Waals surface area contributed by atoms with Crippen LogP contribution < -0.4 is 5.56 Å². The molecule has 0 saturated heterocycles. The van der Waals surface area contributed by atoms with E-state index < -0.39 is 5.41 Å². The number of pyridine rings is 1. The number of fused-ring (bicyclic) bond motifs is 1. The van der Waals surface area contributed by atoms with E-state index in [1.54, 1.807) is 4.40 Å². The SMILES string of the molecule is Cc1cccc2nc(CN(C)CC(C)(CO)CO)cc(=O)n12. The van der Waals surface area contributed by atoms with Crippen molar-refractivity contribution >= 4 is 5.65 Å². The van der Waals surface area contributed by atoms with E-state index in [1.165, 1.54) is 6.07 Å². The molecule has 0 aliphatic carbocycles. The van der Waals surface area contributed by atoms with Gasteiger partial charge in [-0.3, -0.25) is 14.1 Å². The fourth-order valence-corrected chi connectivity index (χ4v) is 2.58. The summed E-state index contributed by atoms with van der Waals surface area (Å²) < 4.78 is 1.58. The molecule has 0 atom stereocenters. The summed E-state index contributed by atoms with van der Waals surface area (Å²) in [5.41, 5.74) is 1.48. The molecule has 2 aromatic heterocycles. The minimum absolute atomic E-state index is 0.0964. The Hall–Kier alpha value is -1.76. The number of aliphatic hydroxyl groups excluding tert-OH is 2. The van der Waals surface area contributed by atoms with Crippen LogP contribution in [0, 0.1) is 12.3 Å². The maximum Gasteiger partial charge on any atom is 0.258 e. The molecule has 22 heavy (non-hydrogen) atoms. The third kappa shape index (κ3) is 3.52. The predicted octanol–water partition coefficient (Wildman–Crippen LogP) is 0.426. The summed E-state index contributed by atoms with van der Waals surface area (Å²) in [5, 5.41) is 18.7. The summed E-state index contributed by atoms with van der Waals surface area (Å²) in [5.74, 6) is 0. The Kier molecular flexibility index (Phi) is 4.95. The van der Waals surface area contributed by atoms with Gasteiger partial charge in [-0.25, -0.2) is 4.98 Å². The normalized spacial score (nSPS) is 12.3. The first kappa shape index (κ1) is 16.6. The lowest BCUT2D eigenvalue weighted by atomic mass is 9.92. The van der Waals surface area contributed by atoms with Gasteiger partial charge in [0.05, 0.1) is 18.9 Å². The molecule has 6 heteroatoms. The summed E-state index contributed by atoms with van der Waals surface area (Å²) >= 11 is 0. The zero-order chi connectivity index (χ0) is 16.3. The monoisotopic (exact) mass is 305 g/mol. The van der Waals surface area contributed by atoms with Crippen LogP contribution in [0.5, 0.6) is 0 Å². The Balaban J connectivity index is 2.24. The van der Waals surface area contributed by atoms with Gasteiger partial charge in [0, 0.05) is 30.3 Å². The van der Waals surface area contributed by atoms with Crippen molar-refractivity contribution in [1.82, 2.24) is 14.3 Å². The van der Waals surface area contributed by atoms with Crippen LogP contribution in [0.25, 0.3) is 5.65 Å². The zero-order valence-corrected chi connectivity index (χ0v) is 13.3. The van der Waals surface area contributed by atoms with Crippen LogP contribution in [0.2, 0.25) is 0 Å². The Morgan fingerprint density at radius 1 is 1.32 bits per heavy atom. The topological polar surface area (TPSA) is 78.1 Å². The average molecular weight is 305 g/mol. The molecule has 0 aliphatic heterocycles.